The van der Waals surface area contributed by atoms with Crippen LogP contribution >= 0.6 is 0 Å². The van der Waals surface area contributed by atoms with E-state index in [2.05, 4.69) is 46.4 Å². The number of imidazole rings is 1. The van der Waals surface area contributed by atoms with Crippen molar-refractivity contribution in [2.24, 2.45) is 0 Å². The first-order valence-electron chi connectivity index (χ1n) is 12.7. The molecule has 1 saturated heterocycles. The Hall–Kier alpha value is -4.47. The van der Waals surface area contributed by atoms with E-state index in [9.17, 15) is 9.59 Å². The molecule has 3 N–H and O–H groups in total. The van der Waals surface area contributed by atoms with E-state index in [4.69, 9.17) is 10.1 Å². The summed E-state index contributed by atoms with van der Waals surface area (Å²) in [6.45, 7) is 7.80. The molecule has 5 rings (SSSR count). The van der Waals surface area contributed by atoms with Crippen LogP contribution in [0.2, 0.25) is 0 Å². The maximum Gasteiger partial charge on any atom is 0.335 e. The topological polar surface area (TPSA) is 125 Å². The third kappa shape index (κ3) is 5.44. The molecule has 1 atom stereocenters. The number of amides is 1. The number of piperidine rings is 1. The van der Waals surface area contributed by atoms with Crippen molar-refractivity contribution in [2.45, 2.75) is 45.1 Å². The fourth-order valence-electron chi connectivity index (χ4n) is 4.53. The van der Waals surface area contributed by atoms with Gasteiger partial charge in [-0.25, -0.2) is 14.3 Å². The van der Waals surface area contributed by atoms with Crippen molar-refractivity contribution in [3.05, 3.63) is 77.6 Å². The summed E-state index contributed by atoms with van der Waals surface area (Å²) in [4.78, 5) is 35.3. The second-order valence-corrected chi connectivity index (χ2v) is 10.5. The van der Waals surface area contributed by atoms with Gasteiger partial charge >= 0.3 is 5.97 Å². The van der Waals surface area contributed by atoms with Gasteiger partial charge in [-0.15, -0.1) is 5.10 Å². The zero-order valence-corrected chi connectivity index (χ0v) is 21.7. The quantitative estimate of drug-likeness (QED) is 0.349. The number of nitrogens with zero attached hydrogens (tertiary/aromatic N) is 5. The van der Waals surface area contributed by atoms with Gasteiger partial charge in [-0.1, -0.05) is 32.9 Å². The zero-order valence-electron chi connectivity index (χ0n) is 21.7. The number of carboxylic acid groups (broad SMARTS) is 1. The Bertz CT molecular complexity index is 1460. The van der Waals surface area contributed by atoms with Gasteiger partial charge in [0, 0.05) is 42.8 Å². The number of nitrogens with one attached hydrogen (secondary N) is 2. The van der Waals surface area contributed by atoms with Crippen molar-refractivity contribution in [3.8, 4) is 0 Å². The van der Waals surface area contributed by atoms with E-state index in [-0.39, 0.29) is 22.9 Å². The molecule has 0 saturated carbocycles. The van der Waals surface area contributed by atoms with E-state index in [1.807, 2.05) is 24.3 Å². The van der Waals surface area contributed by atoms with E-state index in [1.54, 1.807) is 29.0 Å². The zero-order chi connectivity index (χ0) is 26.9. The molecule has 10 nitrogen and oxygen atoms in total. The van der Waals surface area contributed by atoms with Gasteiger partial charge in [-0.2, -0.15) is 4.98 Å². The van der Waals surface area contributed by atoms with Crippen molar-refractivity contribution in [3.63, 3.8) is 0 Å². The predicted molar refractivity (Wildman–Crippen MR) is 145 cm³/mol. The molecule has 2 aromatic heterocycles. The number of carbonyl (C=O) groups is 2. The van der Waals surface area contributed by atoms with E-state index in [0.29, 0.717) is 35.2 Å². The summed E-state index contributed by atoms with van der Waals surface area (Å²) in [5, 5.41) is 20.2. The number of anilines is 3. The number of rotatable bonds is 6. The van der Waals surface area contributed by atoms with Gasteiger partial charge in [0.25, 0.3) is 5.91 Å². The molecular weight excluding hydrogens is 482 g/mol. The number of benzene rings is 2. The van der Waals surface area contributed by atoms with Gasteiger partial charge in [-0.3, -0.25) is 4.79 Å². The summed E-state index contributed by atoms with van der Waals surface area (Å²) in [6, 6.07) is 14.2. The molecule has 0 spiro atoms. The molecule has 1 aliphatic rings. The van der Waals surface area contributed by atoms with Crippen LogP contribution in [0.3, 0.4) is 0 Å². The summed E-state index contributed by atoms with van der Waals surface area (Å²) in [5.41, 5.74) is 3.31. The van der Waals surface area contributed by atoms with Crippen LogP contribution < -0.4 is 15.5 Å². The second-order valence-electron chi connectivity index (χ2n) is 10.5. The fourth-order valence-corrected chi connectivity index (χ4v) is 4.53. The SMILES string of the molecule is CC(C)(C)c1ccc(C(=O)N[C@@H]2CCCN(c3nc(Nc4ccc(C(=O)O)cc4)c4nccn4n3)C2)cc1. The van der Waals surface area contributed by atoms with Crippen molar-refractivity contribution >= 4 is 35.0 Å². The van der Waals surface area contributed by atoms with Gasteiger partial charge in [0.2, 0.25) is 5.95 Å². The van der Waals surface area contributed by atoms with Crippen molar-refractivity contribution in [2.75, 3.05) is 23.3 Å². The molecule has 0 unspecified atom stereocenters. The summed E-state index contributed by atoms with van der Waals surface area (Å²) in [5.74, 6) is -0.0394. The van der Waals surface area contributed by atoms with Gasteiger partial charge < -0.3 is 20.6 Å². The molecule has 1 fully saturated rings. The molecule has 1 amide bonds. The Morgan fingerprint density at radius 2 is 1.74 bits per heavy atom. The molecule has 1 aliphatic heterocycles. The van der Waals surface area contributed by atoms with Crippen LogP contribution in [-0.2, 0) is 5.41 Å². The minimum atomic E-state index is -0.981. The third-order valence-electron chi connectivity index (χ3n) is 6.69. The van der Waals surface area contributed by atoms with Crippen molar-refractivity contribution in [1.29, 1.82) is 0 Å². The normalized spacial score (nSPS) is 15.9. The van der Waals surface area contributed by atoms with E-state index in [1.165, 1.54) is 17.7 Å². The average molecular weight is 514 g/mol. The smallest absolute Gasteiger partial charge is 0.335 e. The molecule has 4 aromatic rings. The lowest BCUT2D eigenvalue weighted by Gasteiger charge is -2.33. The van der Waals surface area contributed by atoms with Crippen LogP contribution in [0.15, 0.2) is 60.9 Å². The number of fused-ring (bicyclic) bond motifs is 1. The Balaban J connectivity index is 1.31. The highest BCUT2D eigenvalue weighted by atomic mass is 16.4. The molecule has 2 aromatic carbocycles. The van der Waals surface area contributed by atoms with Gasteiger partial charge in [0.15, 0.2) is 11.5 Å². The number of hydrogen-bond donors (Lipinski definition) is 3. The Morgan fingerprint density at radius 1 is 1.03 bits per heavy atom. The lowest BCUT2D eigenvalue weighted by Crippen LogP contribution is -2.48. The Kier molecular flexibility index (Phi) is 6.71. The fraction of sp³-hybridized carbons (Fsp3) is 0.321. The molecule has 0 bridgehead atoms. The van der Waals surface area contributed by atoms with Crippen molar-refractivity contribution in [1.82, 2.24) is 24.9 Å². The van der Waals surface area contributed by atoms with E-state index in [0.717, 1.165) is 19.4 Å². The number of carbonyl (C=O) groups excluding carboxylic acids is 1. The maximum atomic E-state index is 13.0. The lowest BCUT2D eigenvalue weighted by molar-refractivity contribution is 0.0696. The van der Waals surface area contributed by atoms with Gasteiger partial charge in [0.1, 0.15) is 0 Å². The first-order valence-corrected chi connectivity index (χ1v) is 12.7. The minimum absolute atomic E-state index is 0.0326. The largest absolute Gasteiger partial charge is 0.478 e. The lowest BCUT2D eigenvalue weighted by atomic mass is 9.86. The summed E-state index contributed by atoms with van der Waals surface area (Å²) in [6.07, 6.45) is 5.16. The number of hydrogen-bond acceptors (Lipinski definition) is 7. The average Bonchev–Trinajstić information content (AvgIpc) is 3.38. The van der Waals surface area contributed by atoms with E-state index >= 15 is 0 Å². The number of aromatic nitrogens is 4. The molecular formula is C28H31N7O3. The Labute approximate surface area is 220 Å². The highest BCUT2D eigenvalue weighted by Crippen LogP contribution is 2.24. The maximum absolute atomic E-state index is 13.0. The summed E-state index contributed by atoms with van der Waals surface area (Å²) < 4.78 is 1.66. The minimum Gasteiger partial charge on any atom is -0.478 e. The standard InChI is InChI=1S/C28H31N7O3/c1-28(2,3)20-10-6-18(7-11-20)25(36)31-22-5-4-15-34(17-22)27-32-23(24-29-14-16-35(24)33-27)30-21-12-8-19(9-13-21)26(37)38/h6-14,16,22H,4-5,15,17H2,1-3H3,(H,31,36)(H,37,38)(H,30,32,33)/t22-/m1/s1. The van der Waals surface area contributed by atoms with E-state index < -0.39 is 5.97 Å². The van der Waals surface area contributed by atoms with Crippen LogP contribution in [-0.4, -0.2) is 55.7 Å². The molecule has 196 valence electrons. The van der Waals surface area contributed by atoms with Crippen LogP contribution in [0.5, 0.6) is 0 Å². The summed E-state index contributed by atoms with van der Waals surface area (Å²) >= 11 is 0. The highest BCUT2D eigenvalue weighted by molar-refractivity contribution is 5.94. The monoisotopic (exact) mass is 513 g/mol. The molecule has 38 heavy (non-hydrogen) atoms. The van der Waals surface area contributed by atoms with Crippen LogP contribution in [0.1, 0.15) is 59.9 Å². The van der Waals surface area contributed by atoms with Crippen LogP contribution in [0, 0.1) is 0 Å². The summed E-state index contributed by atoms with van der Waals surface area (Å²) in [7, 11) is 0. The molecule has 3 heterocycles. The van der Waals surface area contributed by atoms with Gasteiger partial charge in [0.05, 0.1) is 5.56 Å². The number of aromatic carboxylic acids is 1. The van der Waals surface area contributed by atoms with Crippen molar-refractivity contribution < 1.29 is 14.7 Å². The third-order valence-corrected chi connectivity index (χ3v) is 6.69. The van der Waals surface area contributed by atoms with Crippen LogP contribution in [0.4, 0.5) is 17.5 Å². The predicted octanol–water partition coefficient (Wildman–Crippen LogP) is 4.26. The molecule has 0 aliphatic carbocycles. The highest BCUT2D eigenvalue weighted by Gasteiger charge is 2.25. The Morgan fingerprint density at radius 3 is 2.42 bits per heavy atom. The number of carboxylic acids is 1. The molecule has 0 radical (unpaired) electrons. The first kappa shape index (κ1) is 25.2. The second kappa shape index (κ2) is 10.1. The first-order chi connectivity index (χ1) is 18.2. The van der Waals surface area contributed by atoms with Gasteiger partial charge in [-0.05, 0) is 60.2 Å². The van der Waals surface area contributed by atoms with Crippen LogP contribution in [0.25, 0.3) is 5.65 Å². The molecule has 10 heteroatoms.